The zero-order valence-electron chi connectivity index (χ0n) is 34.7. The molecule has 328 valence electrons. The first-order chi connectivity index (χ1) is 27.5. The minimum atomic E-state index is -0.697. The van der Waals surface area contributed by atoms with Crippen LogP contribution >= 0.6 is 0 Å². The molecule has 15 nitrogen and oxygen atoms in total. The standard InChI is InChI=1S/C41H76N2O13/c1-2-3-4-5-6-7-8-9-10-11-12-13-14-15-16-17-38(44)42-21-23-49-25-27-51-29-31-53-33-35-55-37-36-54-34-32-52-30-28-50-26-24-48-22-20-41(47)56-43-39(45)18-19-40(43)46/h2-37H2,1H3,(H,42,44). The van der Waals surface area contributed by atoms with Crippen molar-refractivity contribution in [2.24, 2.45) is 0 Å². The molecule has 3 amide bonds. The predicted octanol–water partition coefficient (Wildman–Crippen LogP) is 5.49. The number of ether oxygens (including phenoxy) is 8. The van der Waals surface area contributed by atoms with Crippen LogP contribution in [0.1, 0.15) is 129 Å². The summed E-state index contributed by atoms with van der Waals surface area (Å²) < 4.78 is 43.6. The van der Waals surface area contributed by atoms with Gasteiger partial charge in [-0.1, -0.05) is 96.8 Å². The maximum atomic E-state index is 12.0. The van der Waals surface area contributed by atoms with Crippen molar-refractivity contribution in [2.75, 3.05) is 112 Å². The quantitative estimate of drug-likeness (QED) is 0.0607. The fourth-order valence-electron chi connectivity index (χ4n) is 5.61. The number of hydrogen-bond donors (Lipinski definition) is 1. The molecule has 15 heteroatoms. The molecule has 0 radical (unpaired) electrons. The fourth-order valence-corrected chi connectivity index (χ4v) is 5.61. The van der Waals surface area contributed by atoms with Gasteiger partial charge in [-0.25, -0.2) is 4.79 Å². The average molecular weight is 805 g/mol. The Kier molecular flexibility index (Phi) is 37.9. The van der Waals surface area contributed by atoms with Crippen LogP contribution in [0.4, 0.5) is 0 Å². The van der Waals surface area contributed by atoms with Crippen LogP contribution in [0.3, 0.4) is 0 Å². The van der Waals surface area contributed by atoms with Crippen molar-refractivity contribution in [1.82, 2.24) is 10.4 Å². The number of unbranched alkanes of at least 4 members (excludes halogenated alkanes) is 14. The maximum absolute atomic E-state index is 12.0. The first kappa shape index (κ1) is 51.8. The van der Waals surface area contributed by atoms with Gasteiger partial charge in [0.25, 0.3) is 11.8 Å². The van der Waals surface area contributed by atoms with Crippen molar-refractivity contribution in [3.63, 3.8) is 0 Å². The van der Waals surface area contributed by atoms with E-state index in [9.17, 15) is 19.2 Å². The van der Waals surface area contributed by atoms with E-state index in [1.807, 2.05) is 0 Å². The Morgan fingerprint density at radius 1 is 0.446 bits per heavy atom. The van der Waals surface area contributed by atoms with Gasteiger partial charge in [-0.2, -0.15) is 0 Å². The Morgan fingerprint density at radius 2 is 0.768 bits per heavy atom. The molecule has 0 unspecified atom stereocenters. The van der Waals surface area contributed by atoms with E-state index in [2.05, 4.69) is 12.2 Å². The Labute approximate surface area is 336 Å². The fraction of sp³-hybridized carbons (Fsp3) is 0.902. The molecule has 0 atom stereocenters. The number of hydrogen-bond acceptors (Lipinski definition) is 13. The van der Waals surface area contributed by atoms with Crippen LogP contribution in [-0.4, -0.2) is 141 Å². The van der Waals surface area contributed by atoms with Gasteiger partial charge < -0.3 is 48.0 Å². The number of imide groups is 1. The van der Waals surface area contributed by atoms with Crippen LogP contribution < -0.4 is 5.32 Å². The van der Waals surface area contributed by atoms with E-state index in [1.54, 1.807) is 0 Å². The minimum Gasteiger partial charge on any atom is -0.378 e. The lowest BCUT2D eigenvalue weighted by Gasteiger charge is -2.12. The molecule has 0 saturated carbocycles. The highest BCUT2D eigenvalue weighted by Gasteiger charge is 2.32. The molecule has 0 aromatic carbocycles. The molecule has 1 aliphatic heterocycles. The smallest absolute Gasteiger partial charge is 0.335 e. The summed E-state index contributed by atoms with van der Waals surface area (Å²) in [6, 6.07) is 0. The molecule has 1 heterocycles. The number of nitrogens with one attached hydrogen (secondary N) is 1. The number of amides is 3. The van der Waals surface area contributed by atoms with Crippen molar-refractivity contribution in [2.45, 2.75) is 129 Å². The topological polar surface area (TPSA) is 167 Å². The van der Waals surface area contributed by atoms with Gasteiger partial charge in [0, 0.05) is 25.8 Å². The Morgan fingerprint density at radius 3 is 1.14 bits per heavy atom. The molecule has 1 N–H and O–H groups in total. The molecular weight excluding hydrogens is 728 g/mol. The molecule has 1 rings (SSSR count). The maximum Gasteiger partial charge on any atom is 0.335 e. The van der Waals surface area contributed by atoms with Gasteiger partial charge >= 0.3 is 5.97 Å². The molecule has 56 heavy (non-hydrogen) atoms. The lowest BCUT2D eigenvalue weighted by Crippen LogP contribution is -2.32. The lowest BCUT2D eigenvalue weighted by atomic mass is 10.0. The molecule has 0 aromatic rings. The summed E-state index contributed by atoms with van der Waals surface area (Å²) in [6.45, 7) is 9.48. The SMILES string of the molecule is CCCCCCCCCCCCCCCCCC(=O)NCCOCCOCCOCCOCCOCCOCCOCCOCCC(=O)ON1C(=O)CCC1=O. The van der Waals surface area contributed by atoms with Crippen molar-refractivity contribution in [3.05, 3.63) is 0 Å². The summed E-state index contributed by atoms with van der Waals surface area (Å²) in [5.41, 5.74) is 0. The summed E-state index contributed by atoms with van der Waals surface area (Å²) in [6.07, 6.45) is 20.5. The van der Waals surface area contributed by atoms with Crippen molar-refractivity contribution in [3.8, 4) is 0 Å². The summed E-state index contributed by atoms with van der Waals surface area (Å²) >= 11 is 0. The van der Waals surface area contributed by atoms with Gasteiger partial charge in [0.05, 0.1) is 112 Å². The van der Waals surface area contributed by atoms with Crippen molar-refractivity contribution in [1.29, 1.82) is 0 Å². The highest BCUT2D eigenvalue weighted by Crippen LogP contribution is 2.14. The van der Waals surface area contributed by atoms with Gasteiger partial charge in [-0.05, 0) is 6.42 Å². The third-order valence-corrected chi connectivity index (χ3v) is 8.83. The molecule has 0 spiro atoms. The number of carbonyl (C=O) groups is 4. The largest absolute Gasteiger partial charge is 0.378 e. The third-order valence-electron chi connectivity index (χ3n) is 8.83. The number of rotatable bonds is 44. The second kappa shape index (κ2) is 40.9. The highest BCUT2D eigenvalue weighted by molar-refractivity contribution is 6.01. The second-order valence-corrected chi connectivity index (χ2v) is 13.7. The van der Waals surface area contributed by atoms with E-state index in [0.717, 1.165) is 12.8 Å². The van der Waals surface area contributed by atoms with Gasteiger partial charge in [0.1, 0.15) is 0 Å². The van der Waals surface area contributed by atoms with Crippen LogP contribution in [0, 0.1) is 0 Å². The second-order valence-electron chi connectivity index (χ2n) is 13.7. The normalized spacial score (nSPS) is 12.9. The lowest BCUT2D eigenvalue weighted by molar-refractivity contribution is -0.198. The Bertz CT molecular complexity index is 927. The van der Waals surface area contributed by atoms with Crippen molar-refractivity contribution < 1.29 is 61.9 Å². The molecule has 0 bridgehead atoms. The van der Waals surface area contributed by atoms with Crippen LogP contribution in [0.15, 0.2) is 0 Å². The Hall–Kier alpha value is -2.24. The highest BCUT2D eigenvalue weighted by atomic mass is 16.7. The first-order valence-electron chi connectivity index (χ1n) is 21.5. The Balaban J connectivity index is 1.66. The van der Waals surface area contributed by atoms with Crippen LogP contribution in [-0.2, 0) is 61.9 Å². The van der Waals surface area contributed by atoms with Gasteiger partial charge in [0.2, 0.25) is 5.91 Å². The molecule has 0 aromatic heterocycles. The zero-order valence-corrected chi connectivity index (χ0v) is 34.7. The van der Waals surface area contributed by atoms with E-state index < -0.39 is 17.8 Å². The molecule has 1 fully saturated rings. The first-order valence-corrected chi connectivity index (χ1v) is 21.5. The van der Waals surface area contributed by atoms with E-state index in [1.165, 1.54) is 83.5 Å². The summed E-state index contributed by atoms with van der Waals surface area (Å²) in [4.78, 5) is 51.3. The average Bonchev–Trinajstić information content (AvgIpc) is 3.51. The van der Waals surface area contributed by atoms with Gasteiger partial charge in [-0.15, -0.1) is 5.06 Å². The van der Waals surface area contributed by atoms with Crippen molar-refractivity contribution >= 4 is 23.7 Å². The molecule has 1 saturated heterocycles. The predicted molar refractivity (Wildman–Crippen MR) is 211 cm³/mol. The van der Waals surface area contributed by atoms with E-state index in [0.29, 0.717) is 111 Å². The van der Waals surface area contributed by atoms with E-state index in [-0.39, 0.29) is 38.4 Å². The minimum absolute atomic E-state index is 0.0598. The summed E-state index contributed by atoms with van der Waals surface area (Å²) in [5.74, 6) is -1.61. The summed E-state index contributed by atoms with van der Waals surface area (Å²) in [7, 11) is 0. The van der Waals surface area contributed by atoms with Gasteiger partial charge in [0.15, 0.2) is 0 Å². The van der Waals surface area contributed by atoms with Crippen LogP contribution in [0.2, 0.25) is 0 Å². The van der Waals surface area contributed by atoms with Crippen LogP contribution in [0.5, 0.6) is 0 Å². The third kappa shape index (κ3) is 35.0. The molecule has 0 aliphatic carbocycles. The van der Waals surface area contributed by atoms with Crippen LogP contribution in [0.25, 0.3) is 0 Å². The number of carbonyl (C=O) groups excluding carboxylic acids is 4. The summed E-state index contributed by atoms with van der Waals surface area (Å²) in [5, 5.41) is 3.45. The van der Waals surface area contributed by atoms with E-state index in [4.69, 9.17) is 42.7 Å². The number of nitrogens with zero attached hydrogens (tertiary/aromatic N) is 1. The molecular formula is C41H76N2O13. The zero-order chi connectivity index (χ0) is 40.4. The van der Waals surface area contributed by atoms with Gasteiger partial charge in [-0.3, -0.25) is 14.4 Å². The monoisotopic (exact) mass is 805 g/mol. The molecule has 1 aliphatic rings. The number of hydroxylamine groups is 2. The van der Waals surface area contributed by atoms with E-state index >= 15 is 0 Å².